The third-order valence-electron chi connectivity index (χ3n) is 23.2. The first-order valence-corrected chi connectivity index (χ1v) is 44.6. The zero-order valence-electron chi connectivity index (χ0n) is 71.5. The number of hydrogen-bond acceptors (Lipinski definition) is 14. The molecule has 0 atom stereocenters. The fourth-order valence-corrected chi connectivity index (χ4v) is 19.4. The average molecular weight is 2840 g/mol. The monoisotopic (exact) mass is 2840 g/mol. The molecule has 17 nitrogen and oxygen atoms in total. The smallest absolute Gasteiger partial charge is 0.115 e. The summed E-state index contributed by atoms with van der Waals surface area (Å²) in [7, 11) is 8.25. The van der Waals surface area contributed by atoms with Gasteiger partial charge in [-0.2, -0.15) is 0 Å². The molecule has 0 N–H and O–H groups in total. The van der Waals surface area contributed by atoms with Gasteiger partial charge in [0, 0.05) is 302 Å². The molecule has 0 amide bonds. The summed E-state index contributed by atoms with van der Waals surface area (Å²) in [6.07, 6.45) is 38.4. The summed E-state index contributed by atoms with van der Waals surface area (Å²) in [5, 5.41) is 20.9. The Morgan fingerprint density at radius 3 is 1.04 bits per heavy atom. The number of para-hydroxylation sites is 4. The molecule has 14 aromatic heterocycles. The molecule has 0 bridgehead atoms. The minimum atomic E-state index is 0. The molecule has 0 saturated heterocycles. The number of anilines is 2. The second-order valence-electron chi connectivity index (χ2n) is 30.5. The normalized spacial score (nSPS) is 11.0. The first-order valence-electron chi connectivity index (χ1n) is 40.9. The van der Waals surface area contributed by atoms with Crippen LogP contribution in [0, 0.1) is 36.4 Å². The summed E-state index contributed by atoms with van der Waals surface area (Å²) in [5.74, 6) is 0. The van der Waals surface area contributed by atoms with Gasteiger partial charge in [0.1, 0.15) is 6.33 Å². The molecule has 12 aromatic carbocycles. The Balaban J connectivity index is 0.000000120. The van der Waals surface area contributed by atoms with Crippen molar-refractivity contribution in [1.29, 1.82) is 0 Å². The molecule has 6 radical (unpaired) electrons. The van der Waals surface area contributed by atoms with Crippen LogP contribution in [0.1, 0.15) is 0 Å². The van der Waals surface area contributed by atoms with Gasteiger partial charge in [0.15, 0.2) is 0 Å². The van der Waals surface area contributed by atoms with Gasteiger partial charge in [-0.15, -0.1) is 213 Å². The van der Waals surface area contributed by atoms with E-state index in [0.717, 1.165) is 93.8 Å². The maximum absolute atomic E-state index is 4.55. The van der Waals surface area contributed by atoms with E-state index in [1.165, 1.54) is 118 Å². The Hall–Kier alpha value is -11.3. The Morgan fingerprint density at radius 1 is 0.273 bits per heavy atom. The number of benzene rings is 12. The number of hydrogen-bond donors (Lipinski definition) is 0. The molecule has 132 heavy (non-hydrogen) atoms. The van der Waals surface area contributed by atoms with Crippen LogP contribution in [-0.4, -0.2) is 118 Å². The number of thioether (sulfide) groups is 3. The number of fused-ring (bicyclic) bond motifs is 36. The number of pyridine rings is 7. The van der Waals surface area contributed by atoms with Crippen LogP contribution in [0.4, 0.5) is 11.4 Å². The van der Waals surface area contributed by atoms with Crippen molar-refractivity contribution in [2.24, 2.45) is 0 Å². The molecular formula is C106H75Ir6N17S3-6. The largest absolute Gasteiger partial charge is 0.378 e. The zero-order valence-corrected chi connectivity index (χ0v) is 88.3. The van der Waals surface area contributed by atoms with E-state index in [-0.39, 0.29) is 121 Å². The third kappa shape index (κ3) is 17.1. The molecule has 14 heterocycles. The minimum Gasteiger partial charge on any atom is -0.378 e. The van der Waals surface area contributed by atoms with Gasteiger partial charge in [-0.1, -0.05) is 99.0 Å². The predicted octanol–water partition coefficient (Wildman–Crippen LogP) is 24.4. The summed E-state index contributed by atoms with van der Waals surface area (Å²) in [6, 6.07) is 97.4. The molecule has 0 fully saturated rings. The van der Waals surface area contributed by atoms with E-state index in [1.54, 1.807) is 41.6 Å². The number of nitrogens with zero attached hydrogens (tertiary/aromatic N) is 17. The summed E-state index contributed by atoms with van der Waals surface area (Å²) in [6.45, 7) is 0. The van der Waals surface area contributed by atoms with Gasteiger partial charge >= 0.3 is 0 Å². The molecular weight excluding hydrogens is 2760 g/mol. The van der Waals surface area contributed by atoms with Crippen molar-refractivity contribution in [2.75, 3.05) is 56.8 Å². The van der Waals surface area contributed by atoms with E-state index in [1.807, 2.05) is 184 Å². The maximum Gasteiger partial charge on any atom is 0.115 e. The Bertz CT molecular complexity index is 8520. The SMILES string of the molecule is CN(C)c1ccc2c3ccc[c-]c3c3nccn3c2c1.CN(C)c1cccc2c3ccc[c-]c3c3nccn3c12.CSc1cc(SC)c2c(c1)c1ccc[c-]c1c1nccn12.CSc1cccc2c3ccc[c-]c3c3nccn3c12.[Ir].[Ir].[Ir].[Ir].[Ir].[Ir].[c-]1cccc2c1c1nccn1c1c(-c3ccncc3)cccc21.[c-]1cccc2c1c1nccn1c1c(-c3cncnc3)cccc21. The Labute approximate surface area is 853 Å². The molecule has 0 saturated carbocycles. The number of aromatic nitrogens is 15. The van der Waals surface area contributed by atoms with E-state index in [4.69, 9.17) is 0 Å². The summed E-state index contributed by atoms with van der Waals surface area (Å²) >= 11 is 5.33. The van der Waals surface area contributed by atoms with Crippen molar-refractivity contribution in [3.05, 3.63) is 366 Å². The van der Waals surface area contributed by atoms with Gasteiger partial charge in [0.2, 0.25) is 0 Å². The second-order valence-corrected chi connectivity index (χ2v) is 33.1. The summed E-state index contributed by atoms with van der Waals surface area (Å²) in [5.41, 5.74) is 19.6. The molecule has 26 heteroatoms. The van der Waals surface area contributed by atoms with E-state index in [0.29, 0.717) is 0 Å². The topological polar surface area (TPSA) is 149 Å². The third-order valence-corrected chi connectivity index (χ3v) is 25.4. The Morgan fingerprint density at radius 2 is 0.621 bits per heavy atom. The Kier molecular flexibility index (Phi) is 29.9. The van der Waals surface area contributed by atoms with Crippen LogP contribution in [0.3, 0.4) is 0 Å². The van der Waals surface area contributed by atoms with Crippen LogP contribution >= 0.6 is 35.3 Å². The van der Waals surface area contributed by atoms with Gasteiger partial charge in [0.05, 0.1) is 56.1 Å². The van der Waals surface area contributed by atoms with E-state index >= 15 is 0 Å². The minimum absolute atomic E-state index is 0. The van der Waals surface area contributed by atoms with E-state index in [9.17, 15) is 0 Å². The van der Waals surface area contributed by atoms with Crippen LogP contribution in [0.15, 0.2) is 345 Å². The first kappa shape index (κ1) is 95.3. The average Bonchev–Trinajstić information content (AvgIpc) is 1.41. The van der Waals surface area contributed by atoms with Crippen molar-refractivity contribution in [2.45, 2.75) is 14.7 Å². The van der Waals surface area contributed by atoms with Crippen LogP contribution in [0.2, 0.25) is 0 Å². The summed E-state index contributed by atoms with van der Waals surface area (Å²) < 4.78 is 12.9. The van der Waals surface area contributed by atoms with Gasteiger partial charge in [-0.25, -0.2) is 9.97 Å². The van der Waals surface area contributed by atoms with Crippen molar-refractivity contribution in [3.8, 4) is 22.3 Å². The fourth-order valence-electron chi connectivity index (χ4n) is 17.6. The van der Waals surface area contributed by atoms with E-state index in [2.05, 4.69) is 304 Å². The quantitative estimate of drug-likeness (QED) is 0.0846. The zero-order chi connectivity index (χ0) is 85.0. The van der Waals surface area contributed by atoms with Gasteiger partial charge in [0.25, 0.3) is 0 Å². The van der Waals surface area contributed by atoms with Crippen LogP contribution in [0.25, 0.3) is 186 Å². The molecule has 0 spiro atoms. The van der Waals surface area contributed by atoms with Crippen molar-refractivity contribution in [3.63, 3.8) is 0 Å². The maximum atomic E-state index is 4.55. The molecule has 0 unspecified atom stereocenters. The van der Waals surface area contributed by atoms with Crippen LogP contribution in [0.5, 0.6) is 0 Å². The fraction of sp³-hybridized carbons (Fsp3) is 0.0660. The number of imidazole rings is 6. The molecule has 662 valence electrons. The van der Waals surface area contributed by atoms with Gasteiger partial charge in [-0.3, -0.25) is 34.9 Å². The van der Waals surface area contributed by atoms with Gasteiger partial charge in [-0.05, 0) is 105 Å². The first-order chi connectivity index (χ1) is 62.1. The predicted molar refractivity (Wildman–Crippen MR) is 522 cm³/mol. The van der Waals surface area contributed by atoms with Crippen molar-refractivity contribution >= 4 is 211 Å². The van der Waals surface area contributed by atoms with E-state index < -0.39 is 0 Å². The molecule has 26 rings (SSSR count). The molecule has 0 aliphatic rings. The van der Waals surface area contributed by atoms with Crippen molar-refractivity contribution < 1.29 is 121 Å². The molecule has 26 aromatic rings. The standard InChI is InChI=1S/C20H12N3.C19H11N4.2C17H14N3.C17H13N2S2.C16H11N2S.6Ir/c1-2-5-18-16(4-1)17-7-3-6-15(14-8-10-21-11-9-14)19(17)23-13-12-22-20(18)23;1-2-5-17-15(4-1)16-7-3-6-14(13-10-20-12-21-11-13)18(16)23-9-8-22-19(17)23;1-19(2)15-9-5-8-13-12-6-3-4-7-14(12)17-18-10-11-20(17)16(13)15;1-19(2)12-7-8-14-13-5-3-4-6-15(13)17-18-9-10-20(17)16(14)11-12;1-20-11-9-14-12-5-3-4-6-13(12)17-18-7-8-19(17)16(14)15(10-11)21-2;1-19-14-8-4-7-12-11-5-2-3-6-13(11)16-17-9-10-18(16)15(12)14;;;;;;/h1-4,6-13H;1-4,6-12H;3-6,8-11H,1-2H3;3-5,7-11H,1-2H3;3-5,7-10H,1-2H3;2-5,7-10H,1H3;;;;;;/q6*-1;;;;;;. The van der Waals surface area contributed by atoms with Crippen LogP contribution < -0.4 is 9.80 Å². The molecule has 0 aliphatic carbocycles. The van der Waals surface area contributed by atoms with Gasteiger partial charge < -0.3 is 36.2 Å². The summed E-state index contributed by atoms with van der Waals surface area (Å²) in [4.78, 5) is 47.6. The molecule has 0 aliphatic heterocycles. The van der Waals surface area contributed by atoms with Crippen LogP contribution in [-0.2, 0) is 121 Å². The second kappa shape index (κ2) is 41.4. The number of rotatable bonds is 7. The van der Waals surface area contributed by atoms with Crippen molar-refractivity contribution in [1.82, 2.24) is 71.3 Å².